The van der Waals surface area contributed by atoms with Gasteiger partial charge in [-0.3, -0.25) is 0 Å². The van der Waals surface area contributed by atoms with Crippen LogP contribution in [0.25, 0.3) is 0 Å². The molecule has 6 heteroatoms. The van der Waals surface area contributed by atoms with Crippen molar-refractivity contribution in [3.05, 3.63) is 173 Å². The Kier molecular flexibility index (Phi) is 14.7. The summed E-state index contributed by atoms with van der Waals surface area (Å²) in [5.74, 6) is 5.40. The molecular formula is C71H92O6. The first-order valence-corrected chi connectivity index (χ1v) is 27.9. The number of hydrogen-bond donors (Lipinski definition) is 0. The van der Waals surface area contributed by atoms with Crippen molar-refractivity contribution in [3.8, 4) is 34.5 Å². The lowest BCUT2D eigenvalue weighted by atomic mass is 9.70. The monoisotopic (exact) mass is 1040 g/mol. The van der Waals surface area contributed by atoms with Crippen LogP contribution >= 0.6 is 0 Å². The molecule has 0 aliphatic heterocycles. The van der Waals surface area contributed by atoms with Crippen molar-refractivity contribution in [1.29, 1.82) is 0 Å². The van der Waals surface area contributed by atoms with Gasteiger partial charge in [-0.2, -0.15) is 0 Å². The summed E-state index contributed by atoms with van der Waals surface area (Å²) < 4.78 is 39.9. The molecule has 0 radical (unpaired) electrons. The van der Waals surface area contributed by atoms with Crippen molar-refractivity contribution in [2.45, 2.75) is 188 Å². The van der Waals surface area contributed by atoms with Crippen molar-refractivity contribution in [2.75, 3.05) is 42.7 Å². The molecule has 0 heterocycles. The van der Waals surface area contributed by atoms with Crippen LogP contribution in [0, 0.1) is 0 Å². The van der Waals surface area contributed by atoms with Gasteiger partial charge >= 0.3 is 0 Å². The lowest BCUT2D eigenvalue weighted by Crippen LogP contribution is -2.25. The maximum absolute atomic E-state index is 6.77. The third-order valence-electron chi connectivity index (χ3n) is 17.5. The van der Waals surface area contributed by atoms with Crippen molar-refractivity contribution < 1.29 is 28.4 Å². The molecule has 6 aromatic carbocycles. The van der Waals surface area contributed by atoms with E-state index in [0.29, 0.717) is 25.7 Å². The van der Waals surface area contributed by atoms with Gasteiger partial charge in [-0.25, -0.2) is 0 Å². The first-order valence-electron chi connectivity index (χ1n) is 27.9. The molecule has 6 aromatic rings. The Hall–Kier alpha value is -5.88. The van der Waals surface area contributed by atoms with Gasteiger partial charge in [-0.15, -0.1) is 0 Å². The Labute approximate surface area is 464 Å². The maximum atomic E-state index is 6.77. The van der Waals surface area contributed by atoms with E-state index < -0.39 is 16.2 Å². The molecule has 0 fully saturated rings. The molecule has 8 rings (SSSR count). The fourth-order valence-electron chi connectivity index (χ4n) is 12.5. The fourth-order valence-corrected chi connectivity index (χ4v) is 12.5. The Morgan fingerprint density at radius 1 is 0.247 bits per heavy atom. The number of methoxy groups -OCH3 is 6. The van der Waals surface area contributed by atoms with E-state index in [4.69, 9.17) is 28.4 Å². The second-order valence-electron chi connectivity index (χ2n) is 28.1. The largest absolute Gasteiger partial charge is 0.496 e. The van der Waals surface area contributed by atoms with Crippen LogP contribution < -0.4 is 28.4 Å². The molecule has 0 spiro atoms. The second kappa shape index (κ2) is 19.8. The van der Waals surface area contributed by atoms with Crippen molar-refractivity contribution in [2.24, 2.45) is 0 Å². The van der Waals surface area contributed by atoms with Crippen LogP contribution in [0.1, 0.15) is 225 Å². The predicted molar refractivity (Wildman–Crippen MR) is 320 cm³/mol. The van der Waals surface area contributed by atoms with Crippen molar-refractivity contribution >= 4 is 0 Å². The second-order valence-corrected chi connectivity index (χ2v) is 28.1. The molecule has 0 N–H and O–H groups in total. The van der Waals surface area contributed by atoms with Gasteiger partial charge in [0.2, 0.25) is 0 Å². The zero-order valence-corrected chi connectivity index (χ0v) is 51.7. The summed E-state index contributed by atoms with van der Waals surface area (Å²) in [5.41, 5.74) is 18.5. The highest BCUT2D eigenvalue weighted by molar-refractivity contribution is 5.64. The minimum atomic E-state index is -0.528. The molecule has 0 saturated carbocycles. The van der Waals surface area contributed by atoms with Gasteiger partial charge in [0.15, 0.2) is 0 Å². The van der Waals surface area contributed by atoms with E-state index in [1.807, 2.05) is 42.7 Å². The van der Waals surface area contributed by atoms with Gasteiger partial charge < -0.3 is 28.4 Å². The molecule has 0 saturated heterocycles. The van der Waals surface area contributed by atoms with E-state index in [9.17, 15) is 0 Å². The highest BCUT2D eigenvalue weighted by Crippen LogP contribution is 2.51. The Balaban J connectivity index is 1.62. The van der Waals surface area contributed by atoms with Crippen molar-refractivity contribution in [3.63, 3.8) is 0 Å². The molecule has 0 aromatic heterocycles. The molecule has 2 aliphatic carbocycles. The van der Waals surface area contributed by atoms with Crippen LogP contribution in [0.5, 0.6) is 34.5 Å². The Bertz CT molecular complexity index is 2840. The summed E-state index contributed by atoms with van der Waals surface area (Å²) in [6.07, 6.45) is 2.33. The highest BCUT2D eigenvalue weighted by Gasteiger charge is 2.37. The molecule has 2 aliphatic rings. The zero-order chi connectivity index (χ0) is 56.9. The molecule has 14 bridgehead atoms. The van der Waals surface area contributed by atoms with Crippen LogP contribution in [0.15, 0.2) is 72.8 Å². The molecule has 0 atom stereocenters. The van der Waals surface area contributed by atoms with Gasteiger partial charge in [0.05, 0.1) is 42.7 Å². The third-order valence-corrected chi connectivity index (χ3v) is 17.5. The number of benzene rings is 6. The van der Waals surface area contributed by atoms with Gasteiger partial charge in [-0.1, -0.05) is 197 Å². The van der Waals surface area contributed by atoms with Crippen LogP contribution in [0.3, 0.4) is 0 Å². The normalized spacial score (nSPS) is 15.9. The molecular weight excluding hydrogens is 949 g/mol. The molecule has 412 valence electrons. The standard InChI is InChI=1S/C71H92O6/c1-65(2,3)55-37-51-33-45(61(55)74-21)25-41-29-49-30-42(59(41)72-19)26-47-35-53(39-57(63(47)76-23)67(7,8)9)71(17,18)54-36-48(64(77-24)58(40-54)68(10,11)12)28-44-32-50(69(49,13)14)31-43(60(44)73-20)27-46-34-52(70(51,15)16)38-56(62(46)75-22)66(4,5)6/h29-40H,25-28H2,1-24H3. The van der Waals surface area contributed by atoms with E-state index in [-0.39, 0.29) is 21.7 Å². The summed E-state index contributed by atoms with van der Waals surface area (Å²) in [7, 11) is 11.0. The SMILES string of the molecule is COc1c2cc3cc1Cc1cc(cc(C(C)(C)C)c1OC)C(C)(C)c1cc(c(OC)c(C(C)(C)C)c1)Cc1cc(cc(c1OC)Cc1cc(cc(C(C)(C)C)c1OC)C(C)(C)c1cc(c(OC)c(C(C)(C)C)c1)C2)C3(C)C. The average Bonchev–Trinajstić information content (AvgIpc) is 3.33. The van der Waals surface area contributed by atoms with Gasteiger partial charge in [0, 0.05) is 64.2 Å². The Morgan fingerprint density at radius 3 is 0.532 bits per heavy atom. The maximum Gasteiger partial charge on any atom is 0.126 e. The van der Waals surface area contributed by atoms with Gasteiger partial charge in [-0.05, 0) is 99.5 Å². The van der Waals surface area contributed by atoms with E-state index in [0.717, 1.165) is 79.0 Å². The third kappa shape index (κ3) is 10.3. The zero-order valence-electron chi connectivity index (χ0n) is 51.7. The smallest absolute Gasteiger partial charge is 0.126 e. The molecule has 0 unspecified atom stereocenters. The summed E-state index contributed by atoms with van der Waals surface area (Å²) >= 11 is 0. The summed E-state index contributed by atoms with van der Waals surface area (Å²) in [6.45, 7) is 41.8. The van der Waals surface area contributed by atoms with Gasteiger partial charge in [0.1, 0.15) is 34.5 Å². The minimum Gasteiger partial charge on any atom is -0.496 e. The van der Waals surface area contributed by atoms with Gasteiger partial charge in [0.25, 0.3) is 0 Å². The Morgan fingerprint density at radius 2 is 0.390 bits per heavy atom. The minimum absolute atomic E-state index is 0.230. The lowest BCUT2D eigenvalue weighted by Gasteiger charge is -2.35. The number of ether oxygens (including phenoxy) is 6. The fraction of sp³-hybridized carbons (Fsp3) is 0.493. The van der Waals surface area contributed by atoms with Crippen LogP contribution in [-0.4, -0.2) is 42.7 Å². The number of fused-ring (bicyclic) bond motifs is 12. The number of hydrogen-bond acceptors (Lipinski definition) is 6. The van der Waals surface area contributed by atoms with E-state index in [1.165, 1.54) is 55.6 Å². The van der Waals surface area contributed by atoms with Crippen LogP contribution in [0.4, 0.5) is 0 Å². The first kappa shape index (κ1) is 57.3. The molecule has 77 heavy (non-hydrogen) atoms. The first-order chi connectivity index (χ1) is 35.6. The van der Waals surface area contributed by atoms with E-state index >= 15 is 0 Å². The summed E-state index contributed by atoms with van der Waals surface area (Å²) in [6, 6.07) is 28.9. The van der Waals surface area contributed by atoms with Crippen LogP contribution in [-0.2, 0) is 63.6 Å². The topological polar surface area (TPSA) is 55.4 Å². The average molecular weight is 1040 g/mol. The highest BCUT2D eigenvalue weighted by atomic mass is 16.5. The summed E-state index contributed by atoms with van der Waals surface area (Å²) in [4.78, 5) is 0. The van der Waals surface area contributed by atoms with Crippen LogP contribution in [0.2, 0.25) is 0 Å². The predicted octanol–water partition coefficient (Wildman–Crippen LogP) is 16.9. The quantitative estimate of drug-likeness (QED) is 0.166. The summed E-state index contributed by atoms with van der Waals surface area (Å²) in [5, 5.41) is 0. The lowest BCUT2D eigenvalue weighted by molar-refractivity contribution is 0.388. The van der Waals surface area contributed by atoms with Crippen molar-refractivity contribution in [1.82, 2.24) is 0 Å². The van der Waals surface area contributed by atoms with E-state index in [2.05, 4.69) is 197 Å². The number of rotatable bonds is 6. The van der Waals surface area contributed by atoms with E-state index in [1.54, 1.807) is 0 Å². The molecule has 0 amide bonds. The molecule has 6 nitrogen and oxygen atoms in total.